The minimum Gasteiger partial charge on any atom is -0.396 e. The molecule has 8 N–H and O–H groups in total. The summed E-state index contributed by atoms with van der Waals surface area (Å²) >= 11 is 0. The van der Waals surface area contributed by atoms with Gasteiger partial charge in [0.15, 0.2) is 12.6 Å². The van der Waals surface area contributed by atoms with E-state index in [2.05, 4.69) is 60.6 Å². The van der Waals surface area contributed by atoms with Crippen molar-refractivity contribution in [2.75, 3.05) is 33.0 Å². The first kappa shape index (κ1) is 41.6. The number of rotatable bonds is 5. The van der Waals surface area contributed by atoms with Crippen molar-refractivity contribution in [3.05, 3.63) is 34.4 Å². The Hall–Kier alpha value is -0.400. The molecule has 0 aromatic heterocycles. The Morgan fingerprint density at radius 2 is 0.977 bits per heavy atom. The topological polar surface area (TPSA) is 199 Å². The van der Waals surface area contributed by atoms with Crippen molar-refractivity contribution < 1.29 is 58.5 Å². The molecule has 0 bridgehead atoms. The van der Waals surface area contributed by atoms with Crippen LogP contribution < -0.4 is 0 Å². The van der Waals surface area contributed by atoms with Crippen LogP contribution in [-0.2, 0) is 29.8 Å². The fourth-order valence-corrected chi connectivity index (χ4v) is 5.14. The quantitative estimate of drug-likeness (QED) is 0.211. The van der Waals surface area contributed by atoms with Crippen LogP contribution in [0.2, 0.25) is 0 Å². The number of hydrogen-bond donors (Lipinski definition) is 8. The summed E-state index contributed by atoms with van der Waals surface area (Å²) < 4.78 is 25.8. The molecule has 0 saturated carbocycles. The molecule has 44 heavy (non-hydrogen) atoms. The third-order valence-corrected chi connectivity index (χ3v) is 7.68. The Bertz CT molecular complexity index is 971. The van der Waals surface area contributed by atoms with Crippen molar-refractivity contribution in [3.63, 3.8) is 0 Å². The van der Waals surface area contributed by atoms with E-state index in [-0.39, 0.29) is 30.1 Å². The van der Waals surface area contributed by atoms with Gasteiger partial charge in [-0.2, -0.15) is 0 Å². The molecule has 0 radical (unpaired) electrons. The lowest BCUT2D eigenvalue weighted by atomic mass is 9.68. The summed E-state index contributed by atoms with van der Waals surface area (Å²) in [5, 5.41) is 20.0. The molecule has 14 heteroatoms. The van der Waals surface area contributed by atoms with Crippen LogP contribution in [0.1, 0.15) is 97.6 Å². The summed E-state index contributed by atoms with van der Waals surface area (Å²) in [6.45, 7) is 24.5. The summed E-state index contributed by atoms with van der Waals surface area (Å²) in [5.74, 6) is 0. The lowest BCUT2D eigenvalue weighted by Crippen LogP contribution is -2.58. The van der Waals surface area contributed by atoms with Crippen LogP contribution in [0.4, 0.5) is 0 Å². The highest BCUT2D eigenvalue weighted by molar-refractivity contribution is 7.38. The molecule has 2 fully saturated rings. The predicted octanol–water partition coefficient (Wildman–Crippen LogP) is 3.78. The fourth-order valence-electron chi connectivity index (χ4n) is 5.14. The van der Waals surface area contributed by atoms with Crippen molar-refractivity contribution in [3.8, 4) is 0 Å². The third kappa shape index (κ3) is 11.4. The van der Waals surface area contributed by atoms with Gasteiger partial charge in [-0.3, -0.25) is 0 Å². The van der Waals surface area contributed by atoms with E-state index in [1.54, 1.807) is 0 Å². The van der Waals surface area contributed by atoms with Crippen LogP contribution in [0.3, 0.4) is 0 Å². The normalized spacial score (nSPS) is 25.0. The Kier molecular flexibility index (Phi) is 15.3. The van der Waals surface area contributed by atoms with E-state index in [9.17, 15) is 10.2 Å². The Morgan fingerprint density at radius 1 is 0.659 bits per heavy atom. The molecule has 2 aliphatic rings. The summed E-state index contributed by atoms with van der Waals surface area (Å²) in [6, 6.07) is 4.57. The van der Waals surface area contributed by atoms with Crippen LogP contribution in [0.25, 0.3) is 0 Å². The predicted molar refractivity (Wildman–Crippen MR) is 169 cm³/mol. The van der Waals surface area contributed by atoms with E-state index in [0.717, 1.165) is 0 Å². The number of ether oxygens (including phenoxy) is 4. The third-order valence-electron chi connectivity index (χ3n) is 7.68. The molecule has 2 atom stereocenters. The average Bonchev–Trinajstić information content (AvgIpc) is 2.87. The Morgan fingerprint density at radius 3 is 1.30 bits per heavy atom. The largest absolute Gasteiger partial charge is 0.396 e. The van der Waals surface area contributed by atoms with Gasteiger partial charge in [0.05, 0.1) is 44.6 Å². The van der Waals surface area contributed by atoms with E-state index in [4.69, 9.17) is 48.3 Å². The van der Waals surface area contributed by atoms with Gasteiger partial charge >= 0.3 is 17.2 Å². The van der Waals surface area contributed by atoms with Crippen LogP contribution >= 0.6 is 17.2 Å². The zero-order chi connectivity index (χ0) is 34.5. The van der Waals surface area contributed by atoms with Gasteiger partial charge in [-0.25, -0.2) is 0 Å². The number of benzene rings is 1. The molecule has 2 aliphatic heterocycles. The maximum atomic E-state index is 10.1. The highest BCUT2D eigenvalue weighted by atomic mass is 31.2. The molecule has 1 aromatic carbocycles. The minimum atomic E-state index is -2.62. The highest BCUT2D eigenvalue weighted by Gasteiger charge is 2.55. The fraction of sp³-hybridized carbons (Fsp3) is 0.800. The molecule has 2 heterocycles. The molecule has 3 rings (SSSR count). The smallest absolute Gasteiger partial charge is 0.324 e. The molecule has 1 spiro atoms. The summed E-state index contributed by atoms with van der Waals surface area (Å²) in [6.07, 6.45) is -1.45. The van der Waals surface area contributed by atoms with Gasteiger partial charge in [-0.15, -0.1) is 0 Å². The average molecular weight is 671 g/mol. The minimum absolute atomic E-state index is 0.0336. The molecule has 0 aliphatic carbocycles. The van der Waals surface area contributed by atoms with Gasteiger partial charge in [-0.05, 0) is 34.4 Å². The molecule has 258 valence electrons. The van der Waals surface area contributed by atoms with E-state index >= 15 is 0 Å². The number of aliphatic hydroxyl groups is 2. The summed E-state index contributed by atoms with van der Waals surface area (Å²) in [7, 11) is -5.24. The lowest BCUT2D eigenvalue weighted by molar-refractivity contribution is -0.362. The van der Waals surface area contributed by atoms with Gasteiger partial charge in [0.25, 0.3) is 0 Å². The molecule has 0 amide bonds. The maximum absolute atomic E-state index is 10.1. The van der Waals surface area contributed by atoms with Crippen molar-refractivity contribution in [2.45, 2.75) is 106 Å². The van der Waals surface area contributed by atoms with Crippen molar-refractivity contribution in [2.24, 2.45) is 16.2 Å². The SMILES string of the molecule is Cc1cc(C(C)(C)C)c(C2OC(C(C)(C)CO)OCC23COC(C(C)(C)CO)OC3)c(C(C)(C)C)c1.OP(O)O.OP(O)O. The van der Waals surface area contributed by atoms with Gasteiger partial charge in [0.1, 0.15) is 0 Å². The van der Waals surface area contributed by atoms with Crippen LogP contribution in [-0.4, -0.2) is 85.2 Å². The van der Waals surface area contributed by atoms with Crippen molar-refractivity contribution in [1.82, 2.24) is 0 Å². The molecule has 2 unspecified atom stereocenters. The molecule has 12 nitrogen and oxygen atoms in total. The first-order valence-electron chi connectivity index (χ1n) is 14.5. The second kappa shape index (κ2) is 16.1. The number of aliphatic hydroxyl groups excluding tert-OH is 2. The van der Waals surface area contributed by atoms with Crippen molar-refractivity contribution >= 4 is 17.2 Å². The van der Waals surface area contributed by atoms with E-state index in [1.165, 1.54) is 22.3 Å². The van der Waals surface area contributed by atoms with Crippen LogP contribution in [0.15, 0.2) is 12.1 Å². The van der Waals surface area contributed by atoms with Crippen LogP contribution in [0.5, 0.6) is 0 Å². The summed E-state index contributed by atoms with van der Waals surface area (Å²) in [4.78, 5) is 43.4. The maximum Gasteiger partial charge on any atom is 0.324 e. The second-order valence-corrected chi connectivity index (χ2v) is 16.2. The highest BCUT2D eigenvalue weighted by Crippen LogP contribution is 2.52. The monoisotopic (exact) mass is 670 g/mol. The van der Waals surface area contributed by atoms with E-state index < -0.39 is 46.0 Å². The second-order valence-electron chi connectivity index (χ2n) is 15.1. The zero-order valence-corrected chi connectivity index (χ0v) is 29.8. The zero-order valence-electron chi connectivity index (χ0n) is 28.0. The molecule has 1 aromatic rings. The number of aryl methyl sites for hydroxylation is 1. The Balaban J connectivity index is 0.00000108. The number of hydrogen-bond acceptors (Lipinski definition) is 12. The van der Waals surface area contributed by atoms with Gasteiger partial charge < -0.3 is 58.5 Å². The molecular weight excluding hydrogens is 614 g/mol. The van der Waals surface area contributed by atoms with Gasteiger partial charge in [0.2, 0.25) is 0 Å². The lowest BCUT2D eigenvalue weighted by Gasteiger charge is -2.53. The van der Waals surface area contributed by atoms with E-state index in [0.29, 0.717) is 19.8 Å². The first-order chi connectivity index (χ1) is 19.8. The van der Waals surface area contributed by atoms with E-state index in [1.807, 2.05) is 27.7 Å². The van der Waals surface area contributed by atoms with Gasteiger partial charge in [-0.1, -0.05) is 86.9 Å². The van der Waals surface area contributed by atoms with Gasteiger partial charge in [0, 0.05) is 10.8 Å². The first-order valence-corrected chi connectivity index (χ1v) is 16.9. The molecular formula is C30H56O12P2. The summed E-state index contributed by atoms with van der Waals surface area (Å²) in [5.41, 5.74) is 2.98. The Labute approximate surface area is 265 Å². The standard InChI is InChI=1S/C30H50O6.2H3O3P/c1-19-12-20(26(2,3)4)22(21(13-19)27(5,6)7)23-30(18-35-25(36-23)29(10,11)15-32)16-33-24(34-17-30)28(8,9)14-31;2*1-4(2)3/h12-13,23-25,31-32H,14-18H2,1-11H3;2*1-3H. The van der Waals surface area contributed by atoms with Crippen molar-refractivity contribution in [1.29, 1.82) is 0 Å². The van der Waals surface area contributed by atoms with Crippen LogP contribution in [0, 0.1) is 23.2 Å². The molecule has 2 saturated heterocycles.